The minimum absolute atomic E-state index is 0.298. The van der Waals surface area contributed by atoms with Gasteiger partial charge < -0.3 is 5.11 Å². The van der Waals surface area contributed by atoms with Gasteiger partial charge in [0.05, 0.1) is 0 Å². The van der Waals surface area contributed by atoms with Crippen molar-refractivity contribution in [1.29, 1.82) is 0 Å². The summed E-state index contributed by atoms with van der Waals surface area (Å²) in [5.41, 5.74) is 0. The molecule has 1 nitrogen and oxygen atoms in total. The first-order chi connectivity index (χ1) is 3.88. The summed E-state index contributed by atoms with van der Waals surface area (Å²) in [6.07, 6.45) is 1.08. The van der Waals surface area contributed by atoms with E-state index in [9.17, 15) is 0 Å². The summed E-state index contributed by atoms with van der Waals surface area (Å²) in [4.78, 5) is 2.65. The fourth-order valence-electron chi connectivity index (χ4n) is 0.696. The highest BCUT2D eigenvalue weighted by Crippen LogP contribution is 2.36. The van der Waals surface area contributed by atoms with Crippen LogP contribution >= 0.6 is 15.9 Å². The predicted molar refractivity (Wildman–Crippen MR) is 35.4 cm³/mol. The molecule has 0 aromatic rings. The van der Waals surface area contributed by atoms with Crippen LogP contribution in [0.1, 0.15) is 6.42 Å². The van der Waals surface area contributed by atoms with E-state index in [4.69, 9.17) is 5.11 Å². The van der Waals surface area contributed by atoms with Crippen LogP contribution in [-0.4, -0.2) is 11.7 Å². The Morgan fingerprint density at radius 3 is 2.88 bits per heavy atom. The molecule has 44 valence electrons. The summed E-state index contributed by atoms with van der Waals surface area (Å²) in [6, 6.07) is 0. The summed E-state index contributed by atoms with van der Waals surface area (Å²) >= 11 is 3.00. The highest BCUT2D eigenvalue weighted by Gasteiger charge is 2.34. The third-order valence-electron chi connectivity index (χ3n) is 1.40. The highest BCUT2D eigenvalue weighted by atomic mass is 79.9. The van der Waals surface area contributed by atoms with Gasteiger partial charge in [0.2, 0.25) is 0 Å². The van der Waals surface area contributed by atoms with Crippen LogP contribution < -0.4 is 0 Å². The minimum Gasteiger partial charge on any atom is -0.396 e. The maximum absolute atomic E-state index is 8.52. The maximum atomic E-state index is 8.52. The van der Waals surface area contributed by atoms with Crippen molar-refractivity contribution in [3.63, 3.8) is 0 Å². The van der Waals surface area contributed by atoms with E-state index in [-0.39, 0.29) is 0 Å². The van der Waals surface area contributed by atoms with Crippen LogP contribution in [-0.2, 0) is 0 Å². The average Bonchev–Trinajstić information content (AvgIpc) is 2.48. The SMILES string of the molecule is OC[C@H]1C[C@@H]1C#CBr. The second-order valence-corrected chi connectivity index (χ2v) is 2.42. The van der Waals surface area contributed by atoms with Gasteiger partial charge in [-0.15, -0.1) is 0 Å². The average molecular weight is 175 g/mol. The summed E-state index contributed by atoms with van der Waals surface area (Å²) in [7, 11) is 0. The zero-order valence-corrected chi connectivity index (χ0v) is 5.98. The first kappa shape index (κ1) is 6.12. The fraction of sp³-hybridized carbons (Fsp3) is 0.667. The van der Waals surface area contributed by atoms with Gasteiger partial charge in [-0.2, -0.15) is 0 Å². The molecule has 0 bridgehead atoms. The van der Waals surface area contributed by atoms with Crippen molar-refractivity contribution in [3.8, 4) is 10.8 Å². The molecule has 0 radical (unpaired) electrons. The van der Waals surface area contributed by atoms with Gasteiger partial charge in [-0.3, -0.25) is 0 Å². The van der Waals surface area contributed by atoms with Crippen molar-refractivity contribution in [2.24, 2.45) is 11.8 Å². The van der Waals surface area contributed by atoms with Crippen LogP contribution in [0.4, 0.5) is 0 Å². The lowest BCUT2D eigenvalue weighted by atomic mass is 10.3. The fourth-order valence-corrected chi connectivity index (χ4v) is 0.990. The molecule has 8 heavy (non-hydrogen) atoms. The molecule has 1 fully saturated rings. The zero-order chi connectivity index (χ0) is 5.98. The quantitative estimate of drug-likeness (QED) is 0.588. The zero-order valence-electron chi connectivity index (χ0n) is 4.39. The van der Waals surface area contributed by atoms with E-state index in [0.29, 0.717) is 18.4 Å². The molecular weight excluding hydrogens is 168 g/mol. The molecule has 1 rings (SSSR count). The minimum atomic E-state index is 0.298. The molecule has 0 saturated heterocycles. The van der Waals surface area contributed by atoms with E-state index in [0.717, 1.165) is 6.42 Å². The molecule has 1 saturated carbocycles. The second kappa shape index (κ2) is 2.52. The Hall–Kier alpha value is 0. The lowest BCUT2D eigenvalue weighted by molar-refractivity contribution is 0.273. The van der Waals surface area contributed by atoms with Crippen LogP contribution in [0.25, 0.3) is 0 Å². The number of aliphatic hydroxyl groups is 1. The number of aliphatic hydroxyl groups excluding tert-OH is 1. The topological polar surface area (TPSA) is 20.2 Å². The van der Waals surface area contributed by atoms with Crippen molar-refractivity contribution in [1.82, 2.24) is 0 Å². The molecule has 1 aliphatic rings. The van der Waals surface area contributed by atoms with Crippen molar-refractivity contribution in [2.75, 3.05) is 6.61 Å². The first-order valence-electron chi connectivity index (χ1n) is 2.60. The lowest BCUT2D eigenvalue weighted by Crippen LogP contribution is -1.84. The van der Waals surface area contributed by atoms with Gasteiger partial charge >= 0.3 is 0 Å². The summed E-state index contributed by atoms with van der Waals surface area (Å²) < 4.78 is 0. The van der Waals surface area contributed by atoms with Crippen LogP contribution in [0.3, 0.4) is 0 Å². The molecule has 1 N–H and O–H groups in total. The second-order valence-electron chi connectivity index (χ2n) is 2.02. The Balaban J connectivity index is 2.23. The van der Waals surface area contributed by atoms with Gasteiger partial charge in [0.25, 0.3) is 0 Å². The third kappa shape index (κ3) is 1.24. The molecule has 1 aliphatic carbocycles. The Morgan fingerprint density at radius 1 is 1.75 bits per heavy atom. The standard InChI is InChI=1S/C6H7BrO/c7-2-1-5-3-6(5)4-8/h5-6,8H,3-4H2/t5-,6+/m0/s1. The van der Waals surface area contributed by atoms with Gasteiger partial charge in [0.1, 0.15) is 0 Å². The number of hydrogen-bond acceptors (Lipinski definition) is 1. The molecule has 0 amide bonds. The molecule has 0 aliphatic heterocycles. The monoisotopic (exact) mass is 174 g/mol. The molecule has 2 atom stereocenters. The number of halogens is 1. The van der Waals surface area contributed by atoms with Gasteiger partial charge in [0.15, 0.2) is 0 Å². The van der Waals surface area contributed by atoms with E-state index in [1.807, 2.05) is 0 Å². The number of rotatable bonds is 1. The van der Waals surface area contributed by atoms with E-state index in [1.54, 1.807) is 0 Å². The van der Waals surface area contributed by atoms with Crippen molar-refractivity contribution >= 4 is 15.9 Å². The Morgan fingerprint density at radius 2 is 2.50 bits per heavy atom. The lowest BCUT2D eigenvalue weighted by Gasteiger charge is -1.79. The Kier molecular flexibility index (Phi) is 1.93. The van der Waals surface area contributed by atoms with E-state index in [1.165, 1.54) is 0 Å². The first-order valence-corrected chi connectivity index (χ1v) is 3.39. The van der Waals surface area contributed by atoms with Crippen molar-refractivity contribution < 1.29 is 5.11 Å². The highest BCUT2D eigenvalue weighted by molar-refractivity contribution is 9.12. The molecule has 0 heterocycles. The Bertz CT molecular complexity index is 133. The molecule has 2 heteroatoms. The summed E-state index contributed by atoms with van der Waals surface area (Å²) in [5.74, 6) is 3.87. The summed E-state index contributed by atoms with van der Waals surface area (Å²) in [5, 5.41) is 8.52. The van der Waals surface area contributed by atoms with Crippen LogP contribution in [0.15, 0.2) is 0 Å². The molecule has 0 aromatic carbocycles. The van der Waals surface area contributed by atoms with Crippen LogP contribution in [0.5, 0.6) is 0 Å². The molecule has 0 unspecified atom stereocenters. The van der Waals surface area contributed by atoms with E-state index >= 15 is 0 Å². The van der Waals surface area contributed by atoms with E-state index < -0.39 is 0 Å². The molecule has 0 spiro atoms. The van der Waals surface area contributed by atoms with Crippen LogP contribution in [0.2, 0.25) is 0 Å². The van der Waals surface area contributed by atoms with E-state index in [2.05, 4.69) is 26.7 Å². The predicted octanol–water partition coefficient (Wildman–Crippen LogP) is 0.971. The summed E-state index contributed by atoms with van der Waals surface area (Å²) in [6.45, 7) is 0.298. The Labute approximate surface area is 57.2 Å². The maximum Gasteiger partial charge on any atom is 0.0471 e. The van der Waals surface area contributed by atoms with Gasteiger partial charge in [-0.05, 0) is 17.2 Å². The molecule has 0 aromatic heterocycles. The third-order valence-corrected chi connectivity index (χ3v) is 1.63. The smallest absolute Gasteiger partial charge is 0.0471 e. The normalized spacial score (nSPS) is 33.2. The van der Waals surface area contributed by atoms with Gasteiger partial charge in [0, 0.05) is 28.5 Å². The van der Waals surface area contributed by atoms with Gasteiger partial charge in [-0.1, -0.05) is 5.92 Å². The van der Waals surface area contributed by atoms with Crippen molar-refractivity contribution in [2.45, 2.75) is 6.42 Å². The molecular formula is C6H7BrO. The largest absolute Gasteiger partial charge is 0.396 e. The number of hydrogen-bond donors (Lipinski definition) is 1. The van der Waals surface area contributed by atoms with Crippen molar-refractivity contribution in [3.05, 3.63) is 0 Å². The van der Waals surface area contributed by atoms with Crippen LogP contribution in [0, 0.1) is 22.6 Å². The van der Waals surface area contributed by atoms with Gasteiger partial charge in [-0.25, -0.2) is 0 Å².